The lowest BCUT2D eigenvalue weighted by Gasteiger charge is -2.28. The Morgan fingerprint density at radius 3 is 2.71 bits per heavy atom. The van der Waals surface area contributed by atoms with Crippen molar-refractivity contribution in [1.82, 2.24) is 9.88 Å². The van der Waals surface area contributed by atoms with Gasteiger partial charge < -0.3 is 5.73 Å². The Hall–Kier alpha value is -1.45. The Morgan fingerprint density at radius 2 is 1.90 bits per heavy atom. The Balaban J connectivity index is 1.75. The predicted octanol–water partition coefficient (Wildman–Crippen LogP) is 3.33. The van der Waals surface area contributed by atoms with E-state index in [1.165, 1.54) is 36.8 Å². The maximum absolute atomic E-state index is 5.70. The maximum atomic E-state index is 5.70. The smallest absolute Gasteiger partial charge is 0.0705 e. The van der Waals surface area contributed by atoms with Crippen LogP contribution in [0.25, 0.3) is 10.9 Å². The van der Waals surface area contributed by atoms with Gasteiger partial charge in [0.15, 0.2) is 0 Å². The van der Waals surface area contributed by atoms with Gasteiger partial charge in [-0.25, -0.2) is 0 Å². The highest BCUT2D eigenvalue weighted by Crippen LogP contribution is 2.25. The first-order chi connectivity index (χ1) is 10.4. The minimum absolute atomic E-state index is 0.727. The van der Waals surface area contributed by atoms with Crippen LogP contribution >= 0.6 is 0 Å². The van der Waals surface area contributed by atoms with Gasteiger partial charge >= 0.3 is 0 Å². The minimum Gasteiger partial charge on any atom is -0.330 e. The maximum Gasteiger partial charge on any atom is 0.0705 e. The van der Waals surface area contributed by atoms with Crippen molar-refractivity contribution in [2.75, 3.05) is 13.1 Å². The highest BCUT2D eigenvalue weighted by Gasteiger charge is 2.22. The largest absolute Gasteiger partial charge is 0.330 e. The average Bonchev–Trinajstić information content (AvgIpc) is 3.05. The first-order valence-corrected chi connectivity index (χ1v) is 8.15. The number of rotatable bonds is 6. The number of hydrogen-bond acceptors (Lipinski definition) is 3. The van der Waals surface area contributed by atoms with Crippen molar-refractivity contribution in [3.8, 4) is 0 Å². The average molecular weight is 283 g/mol. The molecule has 1 heterocycles. The van der Waals surface area contributed by atoms with E-state index in [1.54, 1.807) is 0 Å². The molecule has 0 spiro atoms. The van der Waals surface area contributed by atoms with Gasteiger partial charge in [0.2, 0.25) is 0 Å². The van der Waals surface area contributed by atoms with E-state index in [2.05, 4.69) is 41.3 Å². The van der Waals surface area contributed by atoms with Crippen LogP contribution in [0.1, 0.15) is 37.8 Å². The minimum atomic E-state index is 0.727. The second-order valence-corrected chi connectivity index (χ2v) is 6.05. The van der Waals surface area contributed by atoms with Crippen molar-refractivity contribution < 1.29 is 0 Å². The third kappa shape index (κ3) is 3.60. The molecule has 3 heteroatoms. The fourth-order valence-electron chi connectivity index (χ4n) is 3.36. The van der Waals surface area contributed by atoms with Crippen LogP contribution in [0, 0.1) is 0 Å². The molecule has 2 aromatic rings. The molecule has 21 heavy (non-hydrogen) atoms. The summed E-state index contributed by atoms with van der Waals surface area (Å²) < 4.78 is 0. The molecule has 112 valence electrons. The molecule has 0 atom stereocenters. The van der Waals surface area contributed by atoms with E-state index in [4.69, 9.17) is 10.7 Å². The molecule has 0 unspecified atom stereocenters. The van der Waals surface area contributed by atoms with Gasteiger partial charge in [-0.2, -0.15) is 0 Å². The summed E-state index contributed by atoms with van der Waals surface area (Å²) in [6.07, 6.45) is 6.48. The lowest BCUT2D eigenvalue weighted by molar-refractivity contribution is 0.186. The molecule has 3 rings (SSSR count). The van der Waals surface area contributed by atoms with Crippen LogP contribution in [0.5, 0.6) is 0 Å². The fourth-order valence-corrected chi connectivity index (χ4v) is 3.36. The molecule has 0 saturated heterocycles. The summed E-state index contributed by atoms with van der Waals surface area (Å²) in [4.78, 5) is 7.42. The second-order valence-electron chi connectivity index (χ2n) is 6.05. The van der Waals surface area contributed by atoms with Crippen LogP contribution in [-0.4, -0.2) is 29.0 Å². The number of nitrogens with zero attached hydrogens (tertiary/aromatic N) is 2. The molecule has 1 aromatic carbocycles. The molecule has 3 nitrogen and oxygen atoms in total. The third-order valence-electron chi connectivity index (χ3n) is 4.51. The first kappa shape index (κ1) is 14.5. The Kier molecular flexibility index (Phi) is 4.84. The Labute approximate surface area is 127 Å². The molecule has 0 bridgehead atoms. The van der Waals surface area contributed by atoms with Gasteiger partial charge in [0.1, 0.15) is 0 Å². The highest BCUT2D eigenvalue weighted by molar-refractivity contribution is 5.78. The molecule has 1 aromatic heterocycles. The third-order valence-corrected chi connectivity index (χ3v) is 4.51. The monoisotopic (exact) mass is 283 g/mol. The summed E-state index contributed by atoms with van der Waals surface area (Å²) in [5.41, 5.74) is 7.98. The van der Waals surface area contributed by atoms with E-state index in [1.807, 2.05) is 0 Å². The van der Waals surface area contributed by atoms with Gasteiger partial charge in [-0.05, 0) is 37.9 Å². The molecule has 0 aliphatic heterocycles. The van der Waals surface area contributed by atoms with Crippen LogP contribution in [0.2, 0.25) is 0 Å². The summed E-state index contributed by atoms with van der Waals surface area (Å²) in [7, 11) is 0. The molecule has 1 fully saturated rings. The number of nitrogens with two attached hydrogens (primary N) is 1. The van der Waals surface area contributed by atoms with Crippen molar-refractivity contribution in [3.63, 3.8) is 0 Å². The zero-order valence-corrected chi connectivity index (χ0v) is 12.7. The number of benzene rings is 1. The van der Waals surface area contributed by atoms with Crippen molar-refractivity contribution in [1.29, 1.82) is 0 Å². The molecule has 1 aliphatic carbocycles. The summed E-state index contributed by atoms with van der Waals surface area (Å²) in [6.45, 7) is 2.82. The summed E-state index contributed by atoms with van der Waals surface area (Å²) in [6, 6.07) is 13.4. The van der Waals surface area contributed by atoms with Crippen LogP contribution in [0.15, 0.2) is 36.4 Å². The predicted molar refractivity (Wildman–Crippen MR) is 88.1 cm³/mol. The SMILES string of the molecule is NCCCN(Cc1ccc2ccccc2n1)C1CCCC1. The fraction of sp³-hybridized carbons (Fsp3) is 0.500. The van der Waals surface area contributed by atoms with Gasteiger partial charge in [-0.1, -0.05) is 37.1 Å². The highest BCUT2D eigenvalue weighted by atomic mass is 15.2. The van der Waals surface area contributed by atoms with Gasteiger partial charge in [-0.15, -0.1) is 0 Å². The molecular weight excluding hydrogens is 258 g/mol. The summed E-state index contributed by atoms with van der Waals surface area (Å²) in [5, 5.41) is 1.22. The lowest BCUT2D eigenvalue weighted by atomic mass is 10.1. The van der Waals surface area contributed by atoms with E-state index < -0.39 is 0 Å². The molecule has 1 saturated carbocycles. The number of para-hydroxylation sites is 1. The quantitative estimate of drug-likeness (QED) is 0.884. The van der Waals surface area contributed by atoms with Crippen LogP contribution in [0.3, 0.4) is 0 Å². The van der Waals surface area contributed by atoms with E-state index in [0.29, 0.717) is 0 Å². The molecule has 2 N–H and O–H groups in total. The lowest BCUT2D eigenvalue weighted by Crippen LogP contribution is -2.34. The zero-order valence-electron chi connectivity index (χ0n) is 12.7. The van der Waals surface area contributed by atoms with Crippen molar-refractivity contribution >= 4 is 10.9 Å². The number of pyridine rings is 1. The molecule has 0 radical (unpaired) electrons. The van der Waals surface area contributed by atoms with Gasteiger partial charge in [-0.3, -0.25) is 9.88 Å². The van der Waals surface area contributed by atoms with Crippen molar-refractivity contribution in [2.45, 2.75) is 44.7 Å². The van der Waals surface area contributed by atoms with Crippen molar-refractivity contribution in [2.24, 2.45) is 5.73 Å². The first-order valence-electron chi connectivity index (χ1n) is 8.15. The molecule has 1 aliphatic rings. The van der Waals surface area contributed by atoms with Gasteiger partial charge in [0, 0.05) is 24.5 Å². The van der Waals surface area contributed by atoms with E-state index in [0.717, 1.165) is 37.6 Å². The van der Waals surface area contributed by atoms with Crippen LogP contribution in [0.4, 0.5) is 0 Å². The van der Waals surface area contributed by atoms with Crippen LogP contribution in [-0.2, 0) is 6.54 Å². The second kappa shape index (κ2) is 7.01. The Morgan fingerprint density at radius 1 is 1.10 bits per heavy atom. The Bertz CT molecular complexity index is 575. The number of aromatic nitrogens is 1. The van der Waals surface area contributed by atoms with E-state index in [9.17, 15) is 0 Å². The van der Waals surface area contributed by atoms with Gasteiger partial charge in [0.05, 0.1) is 11.2 Å². The number of fused-ring (bicyclic) bond motifs is 1. The normalized spacial score (nSPS) is 16.1. The van der Waals surface area contributed by atoms with Crippen LogP contribution < -0.4 is 5.73 Å². The summed E-state index contributed by atoms with van der Waals surface area (Å²) in [5.74, 6) is 0. The molecular formula is C18H25N3. The molecule has 0 amide bonds. The summed E-state index contributed by atoms with van der Waals surface area (Å²) >= 11 is 0. The van der Waals surface area contributed by atoms with Crippen molar-refractivity contribution in [3.05, 3.63) is 42.1 Å². The van der Waals surface area contributed by atoms with E-state index >= 15 is 0 Å². The zero-order chi connectivity index (χ0) is 14.5. The standard InChI is InChI=1S/C18H25N3/c19-12-5-13-21(17-7-2-3-8-17)14-16-11-10-15-6-1-4-9-18(15)20-16/h1,4,6,9-11,17H,2-3,5,7-8,12-14,19H2. The van der Waals surface area contributed by atoms with Gasteiger partial charge in [0.25, 0.3) is 0 Å². The topological polar surface area (TPSA) is 42.1 Å². The number of hydrogen-bond donors (Lipinski definition) is 1. The van der Waals surface area contributed by atoms with E-state index in [-0.39, 0.29) is 0 Å².